The van der Waals surface area contributed by atoms with E-state index in [1.54, 1.807) is 0 Å². The first-order chi connectivity index (χ1) is 23.3. The third-order valence-corrected chi connectivity index (χ3v) is 9.81. The van der Waals surface area contributed by atoms with Crippen molar-refractivity contribution in [3.05, 3.63) is 170 Å². The third kappa shape index (κ3) is 4.03. The van der Waals surface area contributed by atoms with Crippen LogP contribution in [0.25, 0.3) is 98.4 Å². The summed E-state index contributed by atoms with van der Waals surface area (Å²) < 4.78 is 6.35. The van der Waals surface area contributed by atoms with E-state index >= 15 is 0 Å². The lowest BCUT2D eigenvalue weighted by atomic mass is 9.84. The van der Waals surface area contributed by atoms with Crippen molar-refractivity contribution in [2.24, 2.45) is 0 Å². The minimum atomic E-state index is 0.912. The summed E-state index contributed by atoms with van der Waals surface area (Å²) in [5, 5.41) is 12.2. The Balaban J connectivity index is 1.27. The Bertz CT molecular complexity index is 2800. The van der Waals surface area contributed by atoms with Crippen LogP contribution >= 0.6 is 0 Å². The molecule has 47 heavy (non-hydrogen) atoms. The number of para-hydroxylation sites is 1. The van der Waals surface area contributed by atoms with E-state index in [1.807, 2.05) is 12.1 Å². The second-order valence-corrected chi connectivity index (χ2v) is 12.5. The minimum Gasteiger partial charge on any atom is -0.456 e. The summed E-state index contributed by atoms with van der Waals surface area (Å²) >= 11 is 0. The summed E-state index contributed by atoms with van der Waals surface area (Å²) in [7, 11) is 0. The number of benzene rings is 9. The average molecular weight is 597 g/mol. The van der Waals surface area contributed by atoms with Crippen LogP contribution in [0.5, 0.6) is 0 Å². The van der Waals surface area contributed by atoms with E-state index in [4.69, 9.17) is 4.42 Å². The molecule has 0 radical (unpaired) electrons. The number of hydrogen-bond acceptors (Lipinski definition) is 1. The predicted molar refractivity (Wildman–Crippen MR) is 200 cm³/mol. The maximum Gasteiger partial charge on any atom is 0.136 e. The lowest BCUT2D eigenvalue weighted by molar-refractivity contribution is 0.669. The van der Waals surface area contributed by atoms with E-state index in [0.717, 1.165) is 27.5 Å². The van der Waals surface area contributed by atoms with Crippen molar-refractivity contribution in [1.82, 2.24) is 0 Å². The highest BCUT2D eigenvalue weighted by molar-refractivity contribution is 6.22. The van der Waals surface area contributed by atoms with Gasteiger partial charge >= 0.3 is 0 Å². The maximum atomic E-state index is 6.35. The largest absolute Gasteiger partial charge is 0.456 e. The first-order valence-electron chi connectivity index (χ1n) is 16.2. The van der Waals surface area contributed by atoms with E-state index in [2.05, 4.69) is 158 Å². The highest BCUT2D eigenvalue weighted by Crippen LogP contribution is 2.46. The van der Waals surface area contributed by atoms with Gasteiger partial charge in [0.25, 0.3) is 0 Å². The summed E-state index contributed by atoms with van der Waals surface area (Å²) in [5.41, 5.74) is 9.18. The molecule has 1 heterocycles. The summed E-state index contributed by atoms with van der Waals surface area (Å²) in [6.45, 7) is 0. The van der Waals surface area contributed by atoms with Crippen LogP contribution in [0.3, 0.4) is 0 Å². The van der Waals surface area contributed by atoms with E-state index in [-0.39, 0.29) is 0 Å². The number of hydrogen-bond donors (Lipinski definition) is 0. The molecule has 10 rings (SSSR count). The van der Waals surface area contributed by atoms with E-state index in [1.165, 1.54) is 70.9 Å². The molecule has 0 unspecified atom stereocenters. The first kappa shape index (κ1) is 26.1. The molecular weight excluding hydrogens is 569 g/mol. The van der Waals surface area contributed by atoms with Gasteiger partial charge in [-0.2, -0.15) is 0 Å². The summed E-state index contributed by atoms with van der Waals surface area (Å²) in [6, 6.07) is 61.7. The van der Waals surface area contributed by atoms with Crippen molar-refractivity contribution >= 4 is 65.0 Å². The van der Waals surface area contributed by atoms with E-state index < -0.39 is 0 Å². The lowest BCUT2D eigenvalue weighted by Gasteiger charge is -2.19. The lowest BCUT2D eigenvalue weighted by Crippen LogP contribution is -1.92. The standard InChI is InChI=1S/C46H28O/c1-2-12-30-25-32(22-21-29(30)11-1)42-27-34(26-31-13-3-4-14-35(31)42)46-40-18-7-5-16-38(40)45(39-17-6-8-19-41(39)46)33-23-24-37-36-15-9-10-20-43(36)47-44(37)28-33/h1-28H. The fourth-order valence-electron chi connectivity index (χ4n) is 7.68. The quantitative estimate of drug-likeness (QED) is 0.185. The first-order valence-corrected chi connectivity index (χ1v) is 16.2. The van der Waals surface area contributed by atoms with Crippen LogP contribution in [0.15, 0.2) is 174 Å². The Morgan fingerprint density at radius 1 is 0.277 bits per heavy atom. The van der Waals surface area contributed by atoms with E-state index in [9.17, 15) is 0 Å². The van der Waals surface area contributed by atoms with Gasteiger partial charge in [-0.25, -0.2) is 0 Å². The normalized spacial score (nSPS) is 11.8. The van der Waals surface area contributed by atoms with Gasteiger partial charge in [0.05, 0.1) is 0 Å². The zero-order valence-corrected chi connectivity index (χ0v) is 25.6. The van der Waals surface area contributed by atoms with Crippen LogP contribution < -0.4 is 0 Å². The van der Waals surface area contributed by atoms with Gasteiger partial charge in [-0.15, -0.1) is 0 Å². The predicted octanol–water partition coefficient (Wildman–Crippen LogP) is 13.2. The van der Waals surface area contributed by atoms with Crippen molar-refractivity contribution in [2.75, 3.05) is 0 Å². The molecule has 0 spiro atoms. The molecular formula is C46H28O. The maximum absolute atomic E-state index is 6.35. The Labute approximate surface area is 271 Å². The van der Waals surface area contributed by atoms with Gasteiger partial charge in [0.2, 0.25) is 0 Å². The molecule has 1 aromatic heterocycles. The van der Waals surface area contributed by atoms with E-state index in [0.29, 0.717) is 0 Å². The van der Waals surface area contributed by atoms with Gasteiger partial charge in [-0.3, -0.25) is 0 Å². The average Bonchev–Trinajstić information content (AvgIpc) is 3.51. The second kappa shape index (κ2) is 10.2. The molecule has 1 nitrogen and oxygen atoms in total. The molecule has 218 valence electrons. The molecule has 10 aromatic rings. The Morgan fingerprint density at radius 2 is 0.787 bits per heavy atom. The molecule has 0 fully saturated rings. The van der Waals surface area contributed by atoms with Crippen molar-refractivity contribution in [1.29, 1.82) is 0 Å². The Morgan fingerprint density at radius 3 is 1.51 bits per heavy atom. The minimum absolute atomic E-state index is 0.912. The van der Waals surface area contributed by atoms with Gasteiger partial charge < -0.3 is 4.42 Å². The highest BCUT2D eigenvalue weighted by Gasteiger charge is 2.19. The topological polar surface area (TPSA) is 13.1 Å². The van der Waals surface area contributed by atoms with Crippen molar-refractivity contribution in [3.8, 4) is 33.4 Å². The smallest absolute Gasteiger partial charge is 0.136 e. The third-order valence-electron chi connectivity index (χ3n) is 9.81. The molecule has 0 aliphatic carbocycles. The van der Waals surface area contributed by atoms with Gasteiger partial charge in [-0.1, -0.05) is 133 Å². The molecule has 0 atom stereocenters. The zero-order chi connectivity index (χ0) is 30.9. The van der Waals surface area contributed by atoms with Gasteiger partial charge in [0.1, 0.15) is 11.2 Å². The molecule has 0 saturated heterocycles. The van der Waals surface area contributed by atoms with Gasteiger partial charge in [0, 0.05) is 10.8 Å². The molecule has 0 aliphatic heterocycles. The summed E-state index contributed by atoms with van der Waals surface area (Å²) in [5.74, 6) is 0. The van der Waals surface area contributed by atoms with Crippen LogP contribution in [0.2, 0.25) is 0 Å². The monoisotopic (exact) mass is 596 g/mol. The SMILES string of the molecule is c1ccc2cc(-c3cc(-c4c5ccccc5c(-c5ccc6c(c5)oc5ccccc56)c5ccccc45)cc4ccccc34)ccc2c1. The fraction of sp³-hybridized carbons (Fsp3) is 0. The Hall–Kier alpha value is -6.18. The fourth-order valence-corrected chi connectivity index (χ4v) is 7.68. The molecule has 0 amide bonds. The zero-order valence-electron chi connectivity index (χ0n) is 25.6. The second-order valence-electron chi connectivity index (χ2n) is 12.5. The molecule has 0 aliphatic rings. The van der Waals surface area contributed by atoms with Crippen molar-refractivity contribution in [3.63, 3.8) is 0 Å². The summed E-state index contributed by atoms with van der Waals surface area (Å²) in [4.78, 5) is 0. The van der Waals surface area contributed by atoms with Crippen molar-refractivity contribution in [2.45, 2.75) is 0 Å². The molecule has 0 N–H and O–H groups in total. The molecule has 9 aromatic carbocycles. The molecule has 1 heteroatoms. The van der Waals surface area contributed by atoms with Crippen molar-refractivity contribution < 1.29 is 4.42 Å². The molecule has 0 saturated carbocycles. The summed E-state index contributed by atoms with van der Waals surface area (Å²) in [6.07, 6.45) is 0. The number of rotatable bonds is 3. The van der Waals surface area contributed by atoms with Gasteiger partial charge in [0.15, 0.2) is 0 Å². The van der Waals surface area contributed by atoms with Crippen LogP contribution in [0.1, 0.15) is 0 Å². The number of fused-ring (bicyclic) bond motifs is 7. The number of furan rings is 1. The van der Waals surface area contributed by atoms with Gasteiger partial charge in [-0.05, 0) is 113 Å². The van der Waals surface area contributed by atoms with Crippen LogP contribution in [0, 0.1) is 0 Å². The van der Waals surface area contributed by atoms with Crippen LogP contribution in [0.4, 0.5) is 0 Å². The van der Waals surface area contributed by atoms with Crippen LogP contribution in [-0.2, 0) is 0 Å². The highest BCUT2D eigenvalue weighted by atomic mass is 16.3. The molecule has 0 bridgehead atoms. The Kier molecular flexibility index (Phi) is 5.64. The van der Waals surface area contributed by atoms with Crippen LogP contribution in [-0.4, -0.2) is 0 Å².